The third-order valence-electron chi connectivity index (χ3n) is 5.52. The zero-order valence-electron chi connectivity index (χ0n) is 16.7. The van der Waals surface area contributed by atoms with E-state index in [9.17, 15) is 0 Å². The summed E-state index contributed by atoms with van der Waals surface area (Å²) in [7, 11) is -1.93. The second-order valence-corrected chi connectivity index (χ2v) is 14.8. The van der Waals surface area contributed by atoms with Crippen molar-refractivity contribution in [3.05, 3.63) is 68.1 Å². The highest BCUT2D eigenvalue weighted by atomic mass is 32.2. The first kappa shape index (κ1) is 18.9. The van der Waals surface area contributed by atoms with Gasteiger partial charge < -0.3 is 4.74 Å². The molecular weight excluding hydrogens is 384 g/mol. The Bertz CT molecular complexity index is 1090. The predicted octanol–water partition coefficient (Wildman–Crippen LogP) is 4.42. The normalized spacial score (nSPS) is 18.4. The molecule has 2 aliphatic rings. The summed E-state index contributed by atoms with van der Waals surface area (Å²) in [5.41, 5.74) is 2.74. The monoisotopic (exact) mass is 410 g/mol. The summed E-state index contributed by atoms with van der Waals surface area (Å²) in [4.78, 5) is 2.84. The average molecular weight is 411 g/mol. The van der Waals surface area contributed by atoms with E-state index in [4.69, 9.17) is 4.74 Å². The van der Waals surface area contributed by atoms with Crippen molar-refractivity contribution in [2.24, 2.45) is 0 Å². The molecule has 2 heterocycles. The first-order valence-corrected chi connectivity index (χ1v) is 14.1. The molecule has 4 heteroatoms. The van der Waals surface area contributed by atoms with Gasteiger partial charge in [0.1, 0.15) is 20.4 Å². The van der Waals surface area contributed by atoms with Crippen LogP contribution in [0.1, 0.15) is 17.4 Å². The lowest BCUT2D eigenvalue weighted by molar-refractivity contribution is 0.363. The molecule has 27 heavy (non-hydrogen) atoms. The summed E-state index contributed by atoms with van der Waals surface area (Å²) in [6, 6.07) is 9.02. The number of allylic oxidation sites excluding steroid dienone is 2. The molecule has 0 N–H and O–H groups in total. The summed E-state index contributed by atoms with van der Waals surface area (Å²) >= 11 is 4.00. The van der Waals surface area contributed by atoms with Crippen LogP contribution in [0.25, 0.3) is 10.8 Å². The number of thioether (sulfide) groups is 1. The minimum atomic E-state index is -1.93. The van der Waals surface area contributed by atoms with Crippen LogP contribution in [0.5, 0.6) is 5.75 Å². The summed E-state index contributed by atoms with van der Waals surface area (Å²) in [5, 5.41) is 5.03. The number of hydrogen-bond acceptors (Lipinski definition) is 3. The average Bonchev–Trinajstić information content (AvgIpc) is 3.22. The molecule has 0 saturated heterocycles. The van der Waals surface area contributed by atoms with E-state index in [1.807, 2.05) is 29.2 Å². The van der Waals surface area contributed by atoms with E-state index in [2.05, 4.69) is 70.8 Å². The van der Waals surface area contributed by atoms with Gasteiger partial charge in [0.05, 0.1) is 5.25 Å². The Balaban J connectivity index is 1.94. The molecule has 1 aromatic carbocycles. The Morgan fingerprint density at radius 3 is 2.74 bits per heavy atom. The number of fused-ring (bicyclic) bond motifs is 2. The molecule has 0 amide bonds. The highest BCUT2D eigenvalue weighted by Crippen LogP contribution is 2.45. The van der Waals surface area contributed by atoms with Crippen molar-refractivity contribution in [2.45, 2.75) is 39.1 Å². The zero-order valence-corrected chi connectivity index (χ0v) is 19.3. The van der Waals surface area contributed by atoms with Gasteiger partial charge in [0.25, 0.3) is 0 Å². The third-order valence-corrected chi connectivity index (χ3v) is 11.8. The molecule has 4 rings (SSSR count). The van der Waals surface area contributed by atoms with Gasteiger partial charge in [-0.05, 0) is 64.6 Å². The van der Waals surface area contributed by atoms with Crippen molar-refractivity contribution in [1.29, 1.82) is 0 Å². The minimum Gasteiger partial charge on any atom is -0.489 e. The second kappa shape index (κ2) is 6.84. The fraction of sp³-hybridized carbons (Fsp3) is 0.304. The summed E-state index contributed by atoms with van der Waals surface area (Å²) in [6.45, 7) is 16.0. The van der Waals surface area contributed by atoms with Crippen LogP contribution in [-0.2, 0) is 0 Å². The number of benzene rings is 1. The van der Waals surface area contributed by atoms with Gasteiger partial charge in [0, 0.05) is 9.41 Å². The molecule has 0 saturated carbocycles. The van der Waals surface area contributed by atoms with E-state index in [0.29, 0.717) is 11.9 Å². The first-order chi connectivity index (χ1) is 12.8. The molecule has 0 radical (unpaired) electrons. The van der Waals surface area contributed by atoms with E-state index in [1.54, 1.807) is 5.20 Å². The standard InChI is InChI=1S/C23H26OS2Si/c1-7-11-24-20-14(2)9-8-10-19(20)27(5,6)23-21-17(12-15(3)25-21)18-13-16(4)26-22(18)23/h7-10,12-13,21H,1,11H2,2-6H3. The maximum Gasteiger partial charge on any atom is 0.122 e. The van der Waals surface area contributed by atoms with Crippen molar-refractivity contribution < 1.29 is 4.74 Å². The Morgan fingerprint density at radius 2 is 2.00 bits per heavy atom. The van der Waals surface area contributed by atoms with Gasteiger partial charge in [-0.25, -0.2) is 0 Å². The number of hydrogen-bond donors (Lipinski definition) is 0. The van der Waals surface area contributed by atoms with Crippen LogP contribution in [0.4, 0.5) is 0 Å². The van der Waals surface area contributed by atoms with Gasteiger partial charge in [-0.1, -0.05) is 43.9 Å². The molecule has 1 atom stereocenters. The van der Waals surface area contributed by atoms with Gasteiger partial charge in [-0.3, -0.25) is 0 Å². The number of aryl methyl sites for hydroxylation is 2. The van der Waals surface area contributed by atoms with Gasteiger partial charge >= 0.3 is 0 Å². The highest BCUT2D eigenvalue weighted by Gasteiger charge is 2.42. The van der Waals surface area contributed by atoms with Crippen LogP contribution < -0.4 is 19.7 Å². The maximum atomic E-state index is 6.17. The summed E-state index contributed by atoms with van der Waals surface area (Å²) in [6.07, 6.45) is 4.24. The maximum absolute atomic E-state index is 6.17. The predicted molar refractivity (Wildman–Crippen MR) is 124 cm³/mol. The van der Waals surface area contributed by atoms with Crippen molar-refractivity contribution >= 4 is 47.1 Å². The van der Waals surface area contributed by atoms with Gasteiger partial charge in [0.15, 0.2) is 0 Å². The Labute approximate surface area is 171 Å². The van der Waals surface area contributed by atoms with E-state index in [0.717, 1.165) is 5.75 Å². The molecule has 0 spiro atoms. The molecule has 1 aliphatic heterocycles. The molecular formula is C23H26OS2Si. The first-order valence-electron chi connectivity index (χ1n) is 9.38. The van der Waals surface area contributed by atoms with Crippen LogP contribution in [0.15, 0.2) is 47.9 Å². The quantitative estimate of drug-likeness (QED) is 0.533. The molecule has 1 unspecified atom stereocenters. The molecule has 1 aromatic heterocycles. The van der Waals surface area contributed by atoms with Crippen LogP contribution >= 0.6 is 23.1 Å². The van der Waals surface area contributed by atoms with Crippen molar-refractivity contribution in [3.8, 4) is 5.75 Å². The second-order valence-electron chi connectivity index (χ2n) is 7.90. The zero-order chi connectivity index (χ0) is 19.3. The Kier molecular flexibility index (Phi) is 4.77. The largest absolute Gasteiger partial charge is 0.489 e. The van der Waals surface area contributed by atoms with Crippen LogP contribution in [0, 0.1) is 13.8 Å². The molecule has 0 fully saturated rings. The lowest BCUT2D eigenvalue weighted by Gasteiger charge is -2.31. The van der Waals surface area contributed by atoms with Gasteiger partial charge in [-0.15, -0.1) is 23.1 Å². The third kappa shape index (κ3) is 2.98. The van der Waals surface area contributed by atoms with Crippen LogP contribution in [0.2, 0.25) is 13.1 Å². The molecule has 1 aliphatic carbocycles. The van der Waals surface area contributed by atoms with Gasteiger partial charge in [-0.2, -0.15) is 0 Å². The molecule has 140 valence electrons. The summed E-state index contributed by atoms with van der Waals surface area (Å²) < 4.78 is 7.69. The van der Waals surface area contributed by atoms with Gasteiger partial charge in [0.2, 0.25) is 0 Å². The van der Waals surface area contributed by atoms with Crippen LogP contribution in [0.3, 0.4) is 0 Å². The lowest BCUT2D eigenvalue weighted by Crippen LogP contribution is -2.48. The number of para-hydroxylation sites is 1. The minimum absolute atomic E-state index is 0.487. The smallest absolute Gasteiger partial charge is 0.122 e. The molecule has 2 aromatic rings. The van der Waals surface area contributed by atoms with E-state index in [1.165, 1.54) is 35.9 Å². The Morgan fingerprint density at radius 1 is 1.22 bits per heavy atom. The molecule has 1 nitrogen and oxygen atoms in total. The van der Waals surface area contributed by atoms with Crippen LogP contribution in [-0.4, -0.2) is 19.9 Å². The van der Waals surface area contributed by atoms with Crippen molar-refractivity contribution in [2.75, 3.05) is 6.61 Å². The highest BCUT2D eigenvalue weighted by molar-refractivity contribution is 8.05. The fourth-order valence-corrected chi connectivity index (χ4v) is 11.6. The number of rotatable bonds is 5. The van der Waals surface area contributed by atoms with Crippen molar-refractivity contribution in [3.63, 3.8) is 0 Å². The molecule has 0 bridgehead atoms. The van der Waals surface area contributed by atoms with E-state index < -0.39 is 8.07 Å². The van der Waals surface area contributed by atoms with E-state index in [-0.39, 0.29) is 0 Å². The van der Waals surface area contributed by atoms with Crippen molar-refractivity contribution in [1.82, 2.24) is 0 Å². The van der Waals surface area contributed by atoms with E-state index >= 15 is 0 Å². The summed E-state index contributed by atoms with van der Waals surface area (Å²) in [5.74, 6) is 1.07. The lowest BCUT2D eigenvalue weighted by atomic mass is 10.2. The SMILES string of the molecule is C=CCOc1c(C)cccc1[Si](C)(C)C1=c2sc(C)cc2=C2C=C(C)SC21. The Hall–Kier alpha value is -1.49. The number of ether oxygens (including phenoxy) is 1. The fourth-order valence-electron chi connectivity index (χ4n) is 4.29. The number of thiophene rings is 1. The topological polar surface area (TPSA) is 9.23 Å².